The molecule has 0 unspecified atom stereocenters. The molecule has 19 heavy (non-hydrogen) atoms. The van der Waals surface area contributed by atoms with Crippen LogP contribution in [0.15, 0.2) is 30.6 Å². The first-order valence-electron chi connectivity index (χ1n) is 5.68. The fourth-order valence-electron chi connectivity index (χ4n) is 1.53. The van der Waals surface area contributed by atoms with Crippen LogP contribution in [0.3, 0.4) is 0 Å². The molecule has 0 aliphatic rings. The van der Waals surface area contributed by atoms with Gasteiger partial charge in [0, 0.05) is 24.7 Å². The molecular weight excluding hydrogens is 266 g/mol. The number of hydrogen-bond donors (Lipinski definition) is 2. The number of hydrogen-bond acceptors (Lipinski definition) is 4. The van der Waals surface area contributed by atoms with Gasteiger partial charge in [-0.05, 0) is 12.1 Å². The Balaban J connectivity index is 1.84. The molecule has 1 amide bonds. The summed E-state index contributed by atoms with van der Waals surface area (Å²) in [6, 6.07) is 5.53. The number of amides is 1. The lowest BCUT2D eigenvalue weighted by molar-refractivity contribution is -0.133. The van der Waals surface area contributed by atoms with Gasteiger partial charge in [-0.25, -0.2) is 4.98 Å². The van der Waals surface area contributed by atoms with E-state index in [1.54, 1.807) is 10.6 Å². The van der Waals surface area contributed by atoms with Crippen molar-refractivity contribution in [3.63, 3.8) is 0 Å². The van der Waals surface area contributed by atoms with Crippen molar-refractivity contribution < 1.29 is 14.7 Å². The summed E-state index contributed by atoms with van der Waals surface area (Å²) in [5, 5.41) is 11.2. The number of carbonyl (C=O) groups is 2. The lowest BCUT2D eigenvalue weighted by Crippen LogP contribution is -2.26. The van der Waals surface area contributed by atoms with E-state index in [2.05, 4.69) is 10.3 Å². The molecule has 6 nitrogen and oxygen atoms in total. The first-order chi connectivity index (χ1) is 9.16. The molecule has 0 aliphatic carbocycles. The number of fused-ring (bicyclic) bond motifs is 1. The third kappa shape index (κ3) is 3.72. The van der Waals surface area contributed by atoms with Crippen molar-refractivity contribution in [2.45, 2.75) is 0 Å². The molecule has 0 saturated carbocycles. The average molecular weight is 279 g/mol. The summed E-state index contributed by atoms with van der Waals surface area (Å²) in [6.45, 7) is 0.421. The highest BCUT2D eigenvalue weighted by Gasteiger charge is 2.09. The van der Waals surface area contributed by atoms with E-state index in [0.717, 1.165) is 0 Å². The van der Waals surface area contributed by atoms with E-state index in [-0.39, 0.29) is 11.7 Å². The number of nitrogens with one attached hydrogen (secondary N) is 1. The van der Waals surface area contributed by atoms with E-state index in [0.29, 0.717) is 23.6 Å². The van der Waals surface area contributed by atoms with Crippen LogP contribution in [0.4, 0.5) is 0 Å². The number of thioether (sulfide) groups is 1. The van der Waals surface area contributed by atoms with Crippen LogP contribution in [0, 0.1) is 0 Å². The van der Waals surface area contributed by atoms with Crippen LogP contribution in [0.1, 0.15) is 10.5 Å². The largest absolute Gasteiger partial charge is 0.481 e. The zero-order valence-corrected chi connectivity index (χ0v) is 10.9. The Morgan fingerprint density at radius 3 is 3.00 bits per heavy atom. The van der Waals surface area contributed by atoms with Crippen LogP contribution in [0.5, 0.6) is 0 Å². The van der Waals surface area contributed by atoms with Crippen molar-refractivity contribution in [2.75, 3.05) is 18.1 Å². The van der Waals surface area contributed by atoms with Crippen LogP contribution in [0.2, 0.25) is 0 Å². The van der Waals surface area contributed by atoms with Gasteiger partial charge < -0.3 is 14.8 Å². The molecule has 0 bridgehead atoms. The smallest absolute Gasteiger partial charge is 0.313 e. The lowest BCUT2D eigenvalue weighted by atomic mass is 10.4. The van der Waals surface area contributed by atoms with Gasteiger partial charge in [-0.2, -0.15) is 0 Å². The molecule has 2 aromatic rings. The molecule has 100 valence electrons. The lowest BCUT2D eigenvalue weighted by Gasteiger charge is -2.01. The highest BCUT2D eigenvalue weighted by atomic mass is 32.2. The Bertz CT molecular complexity index is 564. The van der Waals surface area contributed by atoms with E-state index in [1.807, 2.05) is 24.4 Å². The fraction of sp³-hybridized carbons (Fsp3) is 0.250. The standard InChI is InChI=1S/C12H13N3O3S/c16-11(17)8-19-6-4-13-12(18)9-7-15-5-2-1-3-10(15)14-9/h1-3,5,7H,4,6,8H2,(H,13,18)(H,16,17). The number of carbonyl (C=O) groups excluding carboxylic acids is 1. The van der Waals surface area contributed by atoms with Crippen LogP contribution in [0.25, 0.3) is 5.65 Å². The third-order valence-electron chi connectivity index (χ3n) is 2.35. The molecule has 0 atom stereocenters. The van der Waals surface area contributed by atoms with Gasteiger partial charge >= 0.3 is 5.97 Å². The summed E-state index contributed by atoms with van der Waals surface area (Å²) in [6.07, 6.45) is 3.48. The maximum atomic E-state index is 11.8. The first kappa shape index (κ1) is 13.4. The predicted molar refractivity (Wildman–Crippen MR) is 72.5 cm³/mol. The second-order valence-corrected chi connectivity index (χ2v) is 4.90. The van der Waals surface area contributed by atoms with Crippen LogP contribution >= 0.6 is 11.8 Å². The molecule has 2 rings (SSSR count). The molecule has 0 radical (unpaired) electrons. The summed E-state index contributed by atoms with van der Waals surface area (Å²) in [7, 11) is 0. The SMILES string of the molecule is O=C(O)CSCCNC(=O)c1cn2ccccc2n1. The van der Waals surface area contributed by atoms with Gasteiger partial charge in [0.1, 0.15) is 11.3 Å². The Morgan fingerprint density at radius 1 is 1.42 bits per heavy atom. The summed E-state index contributed by atoms with van der Waals surface area (Å²) in [4.78, 5) is 26.3. The molecule has 0 fully saturated rings. The van der Waals surface area contributed by atoms with Crippen LogP contribution < -0.4 is 5.32 Å². The van der Waals surface area contributed by atoms with E-state index in [4.69, 9.17) is 5.11 Å². The van der Waals surface area contributed by atoms with E-state index < -0.39 is 5.97 Å². The minimum atomic E-state index is -0.850. The van der Waals surface area contributed by atoms with Gasteiger partial charge in [0.25, 0.3) is 5.91 Å². The molecule has 7 heteroatoms. The van der Waals surface area contributed by atoms with Crippen molar-refractivity contribution in [3.8, 4) is 0 Å². The maximum absolute atomic E-state index is 11.8. The van der Waals surface area contributed by atoms with Gasteiger partial charge in [0.15, 0.2) is 0 Å². The number of aromatic nitrogens is 2. The topological polar surface area (TPSA) is 83.7 Å². The van der Waals surface area contributed by atoms with Crippen molar-refractivity contribution in [2.24, 2.45) is 0 Å². The maximum Gasteiger partial charge on any atom is 0.313 e. The summed E-state index contributed by atoms with van der Waals surface area (Å²) in [5.74, 6) is -0.494. The number of aliphatic carboxylic acids is 1. The van der Waals surface area contributed by atoms with E-state index >= 15 is 0 Å². The summed E-state index contributed by atoms with van der Waals surface area (Å²) >= 11 is 1.26. The normalized spacial score (nSPS) is 10.5. The number of imidazole rings is 1. The number of rotatable bonds is 6. The average Bonchev–Trinajstić information content (AvgIpc) is 2.81. The zero-order valence-electron chi connectivity index (χ0n) is 10.1. The van der Waals surface area contributed by atoms with Gasteiger partial charge in [-0.15, -0.1) is 11.8 Å². The van der Waals surface area contributed by atoms with Crippen molar-refractivity contribution in [3.05, 3.63) is 36.3 Å². The minimum Gasteiger partial charge on any atom is -0.481 e. The summed E-state index contributed by atoms with van der Waals surface area (Å²) in [5.41, 5.74) is 1.07. The van der Waals surface area contributed by atoms with Crippen molar-refractivity contribution in [1.82, 2.24) is 14.7 Å². The van der Waals surface area contributed by atoms with Crippen molar-refractivity contribution >= 4 is 29.3 Å². The quantitative estimate of drug-likeness (QED) is 0.767. The number of carboxylic acid groups (broad SMARTS) is 1. The highest BCUT2D eigenvalue weighted by Crippen LogP contribution is 2.04. The Labute approximate surface area is 113 Å². The summed E-state index contributed by atoms with van der Waals surface area (Å²) < 4.78 is 1.77. The van der Waals surface area contributed by atoms with Crippen LogP contribution in [-0.4, -0.2) is 44.4 Å². The minimum absolute atomic E-state index is 0.0459. The Morgan fingerprint density at radius 2 is 2.26 bits per heavy atom. The molecule has 0 aromatic carbocycles. The fourth-order valence-corrected chi connectivity index (χ4v) is 2.10. The molecular formula is C12H13N3O3S. The predicted octanol–water partition coefficient (Wildman–Crippen LogP) is 0.882. The second kappa shape index (κ2) is 6.24. The van der Waals surface area contributed by atoms with Gasteiger partial charge in [0.2, 0.25) is 0 Å². The zero-order chi connectivity index (χ0) is 13.7. The molecule has 0 saturated heterocycles. The van der Waals surface area contributed by atoms with Gasteiger partial charge in [-0.3, -0.25) is 9.59 Å². The van der Waals surface area contributed by atoms with Crippen LogP contribution in [-0.2, 0) is 4.79 Å². The monoisotopic (exact) mass is 279 g/mol. The molecule has 0 spiro atoms. The highest BCUT2D eigenvalue weighted by molar-refractivity contribution is 7.99. The Kier molecular flexibility index (Phi) is 4.40. The molecule has 2 N–H and O–H groups in total. The number of nitrogens with zero attached hydrogens (tertiary/aromatic N) is 2. The first-order valence-corrected chi connectivity index (χ1v) is 6.84. The second-order valence-electron chi connectivity index (χ2n) is 3.79. The number of carboxylic acids is 1. The van der Waals surface area contributed by atoms with E-state index in [9.17, 15) is 9.59 Å². The molecule has 2 aromatic heterocycles. The van der Waals surface area contributed by atoms with Gasteiger partial charge in [0.05, 0.1) is 5.75 Å². The Hall–Kier alpha value is -2.02. The van der Waals surface area contributed by atoms with Gasteiger partial charge in [-0.1, -0.05) is 6.07 Å². The van der Waals surface area contributed by atoms with Crippen molar-refractivity contribution in [1.29, 1.82) is 0 Å². The molecule has 0 aliphatic heterocycles. The third-order valence-corrected chi connectivity index (χ3v) is 3.30. The molecule has 2 heterocycles. The van der Waals surface area contributed by atoms with E-state index in [1.165, 1.54) is 11.8 Å². The number of pyridine rings is 1.